The molecule has 0 radical (unpaired) electrons. The molecule has 5 N–H and O–H groups in total. The lowest BCUT2D eigenvalue weighted by Gasteiger charge is -2.21. The molecule has 0 saturated carbocycles. The highest BCUT2D eigenvalue weighted by Crippen LogP contribution is 2.31. The fourth-order valence-corrected chi connectivity index (χ4v) is 2.91. The molecule has 0 unspecified atom stereocenters. The number of amides is 1. The Labute approximate surface area is 121 Å². The predicted octanol–water partition coefficient (Wildman–Crippen LogP) is -0.375. The number of aromatic hydroxyl groups is 1. The van der Waals surface area contributed by atoms with Gasteiger partial charge >= 0.3 is 0 Å². The monoisotopic (exact) mass is 288 g/mol. The molecule has 6 heteroatoms. The van der Waals surface area contributed by atoms with E-state index in [0.29, 0.717) is 25.0 Å². The Morgan fingerprint density at radius 1 is 1.43 bits per heavy atom. The largest absolute Gasteiger partial charge is 0.506 e. The molecule has 6 nitrogen and oxygen atoms in total. The third-order valence-electron chi connectivity index (χ3n) is 3.86. The number of carbonyl (C=O) groups excluding carboxylic acids is 1. The zero-order chi connectivity index (χ0) is 15.0. The number of hydrogen-bond acceptors (Lipinski definition) is 3. The molecule has 2 aromatic rings. The van der Waals surface area contributed by atoms with E-state index < -0.39 is 11.5 Å². The maximum absolute atomic E-state index is 12.6. The van der Waals surface area contributed by atoms with Crippen LogP contribution < -0.4 is 16.6 Å². The summed E-state index contributed by atoms with van der Waals surface area (Å²) < 4.78 is 1.60. The second-order valence-corrected chi connectivity index (χ2v) is 5.21. The number of quaternary nitrogens is 1. The van der Waals surface area contributed by atoms with E-state index >= 15 is 0 Å². The SMILES string of the molecule is [NH3+]CCNC(=O)c1c(O)c2cccc3c2n(c1=O)CCC3. The van der Waals surface area contributed by atoms with Crippen molar-refractivity contribution >= 4 is 16.8 Å². The normalized spacial score (nSPS) is 13.4. The van der Waals surface area contributed by atoms with Crippen molar-refractivity contribution in [1.29, 1.82) is 0 Å². The van der Waals surface area contributed by atoms with E-state index in [1.807, 2.05) is 12.1 Å². The number of aryl methyl sites for hydroxylation is 2. The van der Waals surface area contributed by atoms with Crippen LogP contribution in [0.1, 0.15) is 22.3 Å². The van der Waals surface area contributed by atoms with Crippen LogP contribution in [0.3, 0.4) is 0 Å². The quantitative estimate of drug-likeness (QED) is 0.718. The molecule has 1 aliphatic rings. The van der Waals surface area contributed by atoms with Crippen LogP contribution in [0.15, 0.2) is 23.0 Å². The highest BCUT2D eigenvalue weighted by Gasteiger charge is 2.24. The third-order valence-corrected chi connectivity index (χ3v) is 3.86. The molecular weight excluding hydrogens is 270 g/mol. The minimum Gasteiger partial charge on any atom is -0.506 e. The molecule has 0 aliphatic carbocycles. The number of para-hydroxylation sites is 1. The lowest BCUT2D eigenvalue weighted by atomic mass is 9.99. The molecule has 0 saturated heterocycles. The molecule has 0 spiro atoms. The molecule has 1 aromatic heterocycles. The zero-order valence-corrected chi connectivity index (χ0v) is 11.7. The number of carbonyl (C=O) groups is 1. The number of nitrogens with zero attached hydrogens (tertiary/aromatic N) is 1. The number of benzene rings is 1. The van der Waals surface area contributed by atoms with Crippen molar-refractivity contribution in [1.82, 2.24) is 9.88 Å². The Morgan fingerprint density at radius 2 is 2.24 bits per heavy atom. The van der Waals surface area contributed by atoms with Gasteiger partial charge in [-0.25, -0.2) is 0 Å². The van der Waals surface area contributed by atoms with Crippen LogP contribution >= 0.6 is 0 Å². The molecule has 21 heavy (non-hydrogen) atoms. The van der Waals surface area contributed by atoms with Crippen LogP contribution in [-0.4, -0.2) is 28.7 Å². The van der Waals surface area contributed by atoms with E-state index in [0.717, 1.165) is 23.9 Å². The first-order valence-corrected chi connectivity index (χ1v) is 7.10. The van der Waals surface area contributed by atoms with Gasteiger partial charge < -0.3 is 20.7 Å². The summed E-state index contributed by atoms with van der Waals surface area (Å²) in [7, 11) is 0. The van der Waals surface area contributed by atoms with E-state index in [1.54, 1.807) is 10.6 Å². The fraction of sp³-hybridized carbons (Fsp3) is 0.333. The van der Waals surface area contributed by atoms with Crippen LogP contribution in [0.2, 0.25) is 0 Å². The second-order valence-electron chi connectivity index (χ2n) is 5.21. The second kappa shape index (κ2) is 5.21. The summed E-state index contributed by atoms with van der Waals surface area (Å²) in [4.78, 5) is 24.7. The van der Waals surface area contributed by atoms with Gasteiger partial charge in [-0.1, -0.05) is 12.1 Å². The van der Waals surface area contributed by atoms with E-state index in [9.17, 15) is 14.7 Å². The minimum atomic E-state index is -0.539. The van der Waals surface area contributed by atoms with Crippen molar-refractivity contribution in [2.45, 2.75) is 19.4 Å². The van der Waals surface area contributed by atoms with Crippen molar-refractivity contribution in [3.8, 4) is 5.75 Å². The average molecular weight is 288 g/mol. The first kappa shape index (κ1) is 13.6. The maximum Gasteiger partial charge on any atom is 0.267 e. The lowest BCUT2D eigenvalue weighted by Crippen LogP contribution is -2.55. The molecule has 0 atom stereocenters. The molecule has 3 rings (SSSR count). The number of rotatable bonds is 3. The highest BCUT2D eigenvalue weighted by atomic mass is 16.3. The van der Waals surface area contributed by atoms with Crippen LogP contribution in [-0.2, 0) is 13.0 Å². The van der Waals surface area contributed by atoms with Gasteiger partial charge in [0.2, 0.25) is 0 Å². The standard InChI is InChI=1S/C15H17N3O3/c16-6-7-17-14(20)11-13(19)10-5-1-3-9-4-2-8-18(12(9)10)15(11)21/h1,3,5,19H,2,4,6-8,16H2,(H,17,20)/p+1. The molecule has 0 bridgehead atoms. The molecule has 2 heterocycles. The highest BCUT2D eigenvalue weighted by molar-refractivity contribution is 6.02. The van der Waals surface area contributed by atoms with Gasteiger partial charge in [0, 0.05) is 11.9 Å². The maximum atomic E-state index is 12.6. The topological polar surface area (TPSA) is 99.0 Å². The predicted molar refractivity (Wildman–Crippen MR) is 78.3 cm³/mol. The lowest BCUT2D eigenvalue weighted by molar-refractivity contribution is -0.364. The van der Waals surface area contributed by atoms with E-state index in [4.69, 9.17) is 0 Å². The Balaban J connectivity index is 2.28. The van der Waals surface area contributed by atoms with Gasteiger partial charge in [-0.05, 0) is 24.5 Å². The average Bonchev–Trinajstić information content (AvgIpc) is 2.50. The fourth-order valence-electron chi connectivity index (χ4n) is 2.91. The molecule has 1 aromatic carbocycles. The first-order chi connectivity index (χ1) is 10.1. The Morgan fingerprint density at radius 3 is 3.00 bits per heavy atom. The third kappa shape index (κ3) is 2.08. The van der Waals surface area contributed by atoms with Gasteiger partial charge in [-0.15, -0.1) is 0 Å². The van der Waals surface area contributed by atoms with Crippen molar-refractivity contribution < 1.29 is 15.6 Å². The molecule has 1 amide bonds. The number of pyridine rings is 1. The van der Waals surface area contributed by atoms with Gasteiger partial charge in [-0.2, -0.15) is 0 Å². The summed E-state index contributed by atoms with van der Waals surface area (Å²) in [5.74, 6) is -0.765. The smallest absolute Gasteiger partial charge is 0.267 e. The van der Waals surface area contributed by atoms with Crippen molar-refractivity contribution in [3.63, 3.8) is 0 Å². The number of hydrogen-bond donors (Lipinski definition) is 3. The number of nitrogens with one attached hydrogen (secondary N) is 1. The Bertz CT molecular complexity index is 780. The van der Waals surface area contributed by atoms with Crippen molar-refractivity contribution in [2.75, 3.05) is 13.1 Å². The minimum absolute atomic E-state index is 0.171. The summed E-state index contributed by atoms with van der Waals surface area (Å²) in [5, 5.41) is 13.5. The van der Waals surface area contributed by atoms with Crippen LogP contribution in [0.4, 0.5) is 0 Å². The van der Waals surface area contributed by atoms with Gasteiger partial charge in [0.25, 0.3) is 11.5 Å². The summed E-state index contributed by atoms with van der Waals surface area (Å²) in [6.07, 6.45) is 1.74. The molecular formula is C15H18N3O3+. The van der Waals surface area contributed by atoms with Gasteiger partial charge in [0.1, 0.15) is 11.3 Å². The molecule has 0 fully saturated rings. The Hall–Kier alpha value is -2.34. The first-order valence-electron chi connectivity index (χ1n) is 7.10. The summed E-state index contributed by atoms with van der Waals surface area (Å²) in [6.45, 7) is 1.47. The van der Waals surface area contributed by atoms with E-state index in [-0.39, 0.29) is 11.3 Å². The van der Waals surface area contributed by atoms with Gasteiger partial charge in [-0.3, -0.25) is 9.59 Å². The van der Waals surface area contributed by atoms with Crippen LogP contribution in [0.25, 0.3) is 10.9 Å². The van der Waals surface area contributed by atoms with E-state index in [1.165, 1.54) is 0 Å². The van der Waals surface area contributed by atoms with E-state index in [2.05, 4.69) is 11.1 Å². The van der Waals surface area contributed by atoms with Gasteiger partial charge in [0.15, 0.2) is 0 Å². The molecule has 110 valence electrons. The van der Waals surface area contributed by atoms with Gasteiger partial charge in [0.05, 0.1) is 18.6 Å². The number of aromatic nitrogens is 1. The zero-order valence-electron chi connectivity index (χ0n) is 11.7. The van der Waals surface area contributed by atoms with Crippen LogP contribution in [0.5, 0.6) is 5.75 Å². The van der Waals surface area contributed by atoms with Crippen molar-refractivity contribution in [2.24, 2.45) is 0 Å². The molecule has 1 aliphatic heterocycles. The van der Waals surface area contributed by atoms with Crippen LogP contribution in [0, 0.1) is 0 Å². The summed E-state index contributed by atoms with van der Waals surface area (Å²) in [6, 6.07) is 5.54. The Kier molecular flexibility index (Phi) is 3.39. The summed E-state index contributed by atoms with van der Waals surface area (Å²) in [5.41, 5.74) is 4.83. The summed E-state index contributed by atoms with van der Waals surface area (Å²) >= 11 is 0. The van der Waals surface area contributed by atoms with Crippen molar-refractivity contribution in [3.05, 3.63) is 39.7 Å².